The first-order valence-electron chi connectivity index (χ1n) is 14.0. The first-order chi connectivity index (χ1) is 19.5. The maximum atomic E-state index is 13.4. The first kappa shape index (κ1) is 26.7. The van der Waals surface area contributed by atoms with E-state index < -0.39 is 12.2 Å². The zero-order valence-corrected chi connectivity index (χ0v) is 22.4. The summed E-state index contributed by atoms with van der Waals surface area (Å²) in [5.41, 5.74) is 1.75. The first-order valence-corrected chi connectivity index (χ1v) is 14.0. The molecule has 0 aliphatic carbocycles. The van der Waals surface area contributed by atoms with Crippen molar-refractivity contribution in [1.29, 1.82) is 0 Å². The number of piperazine rings is 1. The van der Waals surface area contributed by atoms with Crippen LogP contribution in [0, 0.1) is 0 Å². The van der Waals surface area contributed by atoms with Gasteiger partial charge in [-0.05, 0) is 37.1 Å². The van der Waals surface area contributed by atoms with E-state index in [0.29, 0.717) is 49.5 Å². The number of nitrogens with one attached hydrogen (secondary N) is 1. The van der Waals surface area contributed by atoms with Crippen molar-refractivity contribution < 1.29 is 33.6 Å². The Labute approximate surface area is 233 Å². The van der Waals surface area contributed by atoms with E-state index in [1.165, 1.54) is 5.69 Å². The number of rotatable bonds is 4. The number of hydrogen-bond acceptors (Lipinski definition) is 8. The fourth-order valence-electron chi connectivity index (χ4n) is 5.92. The molecular weight excluding hydrogens is 516 g/mol. The summed E-state index contributed by atoms with van der Waals surface area (Å²) in [6.45, 7) is 3.59. The Hall–Kier alpha value is -3.54. The summed E-state index contributed by atoms with van der Waals surface area (Å²) < 4.78 is 22.9. The highest BCUT2D eigenvalue weighted by Crippen LogP contribution is 2.35. The summed E-state index contributed by atoms with van der Waals surface area (Å²) in [7, 11) is 0. The average Bonchev–Trinajstić information content (AvgIpc) is 3.44. The highest BCUT2D eigenvalue weighted by molar-refractivity contribution is 5.90. The normalized spacial score (nSPS) is 26.5. The van der Waals surface area contributed by atoms with Gasteiger partial charge in [-0.25, -0.2) is 4.79 Å². The number of anilines is 2. The molecule has 11 nitrogen and oxygen atoms in total. The Morgan fingerprint density at radius 3 is 2.58 bits per heavy atom. The van der Waals surface area contributed by atoms with E-state index in [1.54, 1.807) is 23.1 Å². The van der Waals surface area contributed by atoms with E-state index in [0.717, 1.165) is 13.1 Å². The third-order valence-electron chi connectivity index (χ3n) is 8.02. The largest absolute Gasteiger partial charge is 0.454 e. The number of carbonyl (C=O) groups is 2. The van der Waals surface area contributed by atoms with E-state index in [2.05, 4.69) is 22.3 Å². The lowest BCUT2D eigenvalue weighted by Gasteiger charge is -2.44. The molecule has 0 radical (unpaired) electrons. The maximum absolute atomic E-state index is 13.4. The van der Waals surface area contributed by atoms with Crippen LogP contribution < -0.4 is 19.7 Å². The van der Waals surface area contributed by atoms with Crippen molar-refractivity contribution in [3.63, 3.8) is 0 Å². The highest BCUT2D eigenvalue weighted by atomic mass is 16.7. The van der Waals surface area contributed by atoms with E-state index in [9.17, 15) is 14.7 Å². The number of β-amino-alcohol motifs (C(OH)–C–C–N with tert-alkyl or cyclic N) is 1. The van der Waals surface area contributed by atoms with Gasteiger partial charge in [0.05, 0.1) is 44.4 Å². The van der Waals surface area contributed by atoms with Crippen LogP contribution in [-0.2, 0) is 14.3 Å². The van der Waals surface area contributed by atoms with Gasteiger partial charge >= 0.3 is 6.03 Å². The number of amides is 3. The van der Waals surface area contributed by atoms with Crippen molar-refractivity contribution in [3.05, 3.63) is 48.5 Å². The molecule has 4 aliphatic heterocycles. The molecule has 0 bridgehead atoms. The Morgan fingerprint density at radius 2 is 1.75 bits per heavy atom. The zero-order chi connectivity index (χ0) is 27.5. The summed E-state index contributed by atoms with van der Waals surface area (Å²) in [6, 6.07) is 14.9. The van der Waals surface area contributed by atoms with E-state index in [1.807, 2.05) is 23.1 Å². The van der Waals surface area contributed by atoms with Crippen LogP contribution in [0.4, 0.5) is 16.2 Å². The summed E-state index contributed by atoms with van der Waals surface area (Å²) in [6.07, 6.45) is 0.151. The van der Waals surface area contributed by atoms with Gasteiger partial charge in [0.2, 0.25) is 12.7 Å². The fraction of sp³-hybridized carbons (Fsp3) is 0.517. The molecule has 214 valence electrons. The van der Waals surface area contributed by atoms with Gasteiger partial charge in [0.15, 0.2) is 11.5 Å². The molecular formula is C29H36N4O7. The number of urea groups is 1. The van der Waals surface area contributed by atoms with Crippen molar-refractivity contribution in [2.45, 2.75) is 43.6 Å². The number of nitrogens with zero attached hydrogens (tertiary/aromatic N) is 3. The molecule has 0 saturated carbocycles. The third-order valence-corrected chi connectivity index (χ3v) is 8.02. The Balaban J connectivity index is 1.05. The molecule has 40 heavy (non-hydrogen) atoms. The van der Waals surface area contributed by atoms with Gasteiger partial charge in [0, 0.05) is 43.6 Å². The monoisotopic (exact) mass is 552 g/mol. The van der Waals surface area contributed by atoms with E-state index in [4.69, 9.17) is 18.9 Å². The number of hydrogen-bond donors (Lipinski definition) is 2. The molecule has 3 amide bonds. The molecule has 2 aromatic carbocycles. The van der Waals surface area contributed by atoms with Crippen LogP contribution in [0.15, 0.2) is 48.5 Å². The van der Waals surface area contributed by atoms with Crippen LogP contribution >= 0.6 is 0 Å². The third kappa shape index (κ3) is 5.96. The van der Waals surface area contributed by atoms with Crippen molar-refractivity contribution in [2.24, 2.45) is 0 Å². The Bertz CT molecular complexity index is 1190. The number of carbonyl (C=O) groups excluding carboxylic acids is 2. The van der Waals surface area contributed by atoms with Gasteiger partial charge in [-0.3, -0.25) is 4.79 Å². The van der Waals surface area contributed by atoms with Gasteiger partial charge in [-0.15, -0.1) is 0 Å². The number of ether oxygens (including phenoxy) is 4. The van der Waals surface area contributed by atoms with Gasteiger partial charge in [0.25, 0.3) is 0 Å². The average molecular weight is 553 g/mol. The minimum atomic E-state index is -0.808. The lowest BCUT2D eigenvalue weighted by Crippen LogP contribution is -2.58. The second kappa shape index (κ2) is 11.9. The summed E-state index contributed by atoms with van der Waals surface area (Å²) >= 11 is 0. The maximum Gasteiger partial charge on any atom is 0.322 e. The Morgan fingerprint density at radius 1 is 0.950 bits per heavy atom. The molecule has 6 rings (SSSR count). The molecule has 4 aliphatic rings. The highest BCUT2D eigenvalue weighted by Gasteiger charge is 2.40. The van der Waals surface area contributed by atoms with Gasteiger partial charge < -0.3 is 44.1 Å². The summed E-state index contributed by atoms with van der Waals surface area (Å²) in [5.74, 6) is 1.30. The molecule has 2 N–H and O–H groups in total. The van der Waals surface area contributed by atoms with Gasteiger partial charge in [-0.1, -0.05) is 18.2 Å². The van der Waals surface area contributed by atoms with Crippen molar-refractivity contribution in [2.75, 3.05) is 62.9 Å². The molecule has 0 unspecified atom stereocenters. The fourth-order valence-corrected chi connectivity index (χ4v) is 5.92. The summed E-state index contributed by atoms with van der Waals surface area (Å²) in [4.78, 5) is 32.4. The number of para-hydroxylation sites is 1. The second-order valence-corrected chi connectivity index (χ2v) is 10.7. The lowest BCUT2D eigenvalue weighted by atomic mass is 9.94. The number of benzene rings is 2. The molecule has 2 aromatic rings. The van der Waals surface area contributed by atoms with Crippen LogP contribution in [0.2, 0.25) is 0 Å². The number of aliphatic hydroxyl groups is 1. The van der Waals surface area contributed by atoms with Crippen LogP contribution in [0.25, 0.3) is 0 Å². The topological polar surface area (TPSA) is 113 Å². The predicted octanol–water partition coefficient (Wildman–Crippen LogP) is 2.30. The predicted molar refractivity (Wildman–Crippen MR) is 147 cm³/mol. The SMILES string of the molecule is O=C(C[C@@H]1CC[C@H]2[C@@H](COC[C@@H](O)CN2C(=O)Nc2ccc3c(c2)OCO3)O1)N1CCN(c2ccccc2)CC1. The van der Waals surface area contributed by atoms with Crippen LogP contribution in [-0.4, -0.2) is 104 Å². The van der Waals surface area contributed by atoms with Crippen molar-refractivity contribution in [1.82, 2.24) is 9.80 Å². The zero-order valence-electron chi connectivity index (χ0n) is 22.4. The lowest BCUT2D eigenvalue weighted by molar-refractivity contribution is -0.154. The van der Waals surface area contributed by atoms with Crippen molar-refractivity contribution >= 4 is 23.3 Å². The molecule has 3 fully saturated rings. The molecule has 11 heteroatoms. The van der Waals surface area contributed by atoms with Crippen LogP contribution in [0.3, 0.4) is 0 Å². The van der Waals surface area contributed by atoms with E-state index in [-0.39, 0.29) is 50.6 Å². The molecule has 0 aromatic heterocycles. The van der Waals surface area contributed by atoms with Gasteiger partial charge in [-0.2, -0.15) is 0 Å². The minimum Gasteiger partial charge on any atom is -0.454 e. The van der Waals surface area contributed by atoms with Crippen LogP contribution in [0.5, 0.6) is 11.5 Å². The molecule has 0 spiro atoms. The number of fused-ring (bicyclic) bond motifs is 2. The molecule has 3 saturated heterocycles. The smallest absolute Gasteiger partial charge is 0.322 e. The Kier molecular flexibility index (Phi) is 7.94. The molecule has 4 heterocycles. The van der Waals surface area contributed by atoms with Crippen LogP contribution in [0.1, 0.15) is 19.3 Å². The second-order valence-electron chi connectivity index (χ2n) is 10.7. The van der Waals surface area contributed by atoms with E-state index >= 15 is 0 Å². The van der Waals surface area contributed by atoms with Crippen molar-refractivity contribution in [3.8, 4) is 11.5 Å². The summed E-state index contributed by atoms with van der Waals surface area (Å²) in [5, 5.41) is 13.4. The minimum absolute atomic E-state index is 0.0933. The standard InChI is InChI=1S/C29H36N4O7/c34-22-16-33(29(36)30-20-6-9-25-26(14-20)39-19-38-25)24-8-7-23(40-27(24)18-37-17-22)15-28(35)32-12-10-31(11-13-32)21-4-2-1-3-5-21/h1-6,9,14,22-24,27,34H,7-8,10-13,15-19H2,(H,30,36)/t22-,23-,24-,27+/m0/s1. The molecule has 4 atom stereocenters. The quantitative estimate of drug-likeness (QED) is 0.594. The number of aliphatic hydroxyl groups excluding tert-OH is 1. The van der Waals surface area contributed by atoms with Gasteiger partial charge in [0.1, 0.15) is 6.10 Å².